The van der Waals surface area contributed by atoms with E-state index >= 15 is 0 Å². The van der Waals surface area contributed by atoms with E-state index in [1.807, 2.05) is 31.2 Å². The molecule has 4 rings (SSSR count). The molecular weight excluding hydrogens is 392 g/mol. The number of imide groups is 1. The van der Waals surface area contributed by atoms with Crippen LogP contribution in [-0.4, -0.2) is 67.3 Å². The molecule has 1 saturated heterocycles. The second-order valence-corrected chi connectivity index (χ2v) is 8.17. The third-order valence-corrected chi connectivity index (χ3v) is 5.96. The fourth-order valence-corrected chi connectivity index (χ4v) is 3.97. The van der Waals surface area contributed by atoms with Crippen LogP contribution in [0.25, 0.3) is 0 Å². The van der Waals surface area contributed by atoms with Crippen molar-refractivity contribution in [2.24, 2.45) is 0 Å². The molecule has 0 spiro atoms. The summed E-state index contributed by atoms with van der Waals surface area (Å²) in [5, 5.41) is 2.88. The van der Waals surface area contributed by atoms with Crippen LogP contribution in [0.5, 0.6) is 0 Å². The van der Waals surface area contributed by atoms with Crippen LogP contribution in [0.15, 0.2) is 42.5 Å². The molecule has 0 radical (unpaired) electrons. The van der Waals surface area contributed by atoms with Crippen LogP contribution in [0.1, 0.15) is 50.8 Å². The summed E-state index contributed by atoms with van der Waals surface area (Å²) in [6.07, 6.45) is 1.66. The Bertz CT molecular complexity index is 994. The van der Waals surface area contributed by atoms with Gasteiger partial charge in [-0.25, -0.2) is 0 Å². The van der Waals surface area contributed by atoms with Gasteiger partial charge in [0.1, 0.15) is 0 Å². The summed E-state index contributed by atoms with van der Waals surface area (Å²) in [6.45, 7) is 6.46. The highest BCUT2D eigenvalue weighted by Gasteiger charge is 2.35. The molecule has 0 aromatic heterocycles. The topological polar surface area (TPSA) is 73.0 Å². The maximum atomic E-state index is 12.7. The average Bonchev–Trinajstić information content (AvgIpc) is 3.02. The standard InChI is InChI=1S/C24H28N4O3/c1-3-4-11-28-23(30)20-10-5-17(16-21(20)24(28)31)22(29)25-18-6-8-19(9-7-18)27-14-12-26(2)13-15-27/h5-10,16H,3-4,11-15H2,1-2H3,(H,25,29). The Morgan fingerprint density at radius 3 is 2.29 bits per heavy atom. The number of carbonyl (C=O) groups excluding carboxylic acids is 3. The minimum atomic E-state index is -0.320. The van der Waals surface area contributed by atoms with Gasteiger partial charge in [0.05, 0.1) is 11.1 Å². The Kier molecular flexibility index (Phi) is 6.04. The zero-order chi connectivity index (χ0) is 22.0. The van der Waals surface area contributed by atoms with E-state index in [1.165, 1.54) is 11.0 Å². The first-order valence-corrected chi connectivity index (χ1v) is 10.8. The number of amides is 3. The molecule has 2 aliphatic rings. The minimum absolute atomic E-state index is 0.278. The van der Waals surface area contributed by atoms with Gasteiger partial charge in [-0.05, 0) is 55.9 Å². The minimum Gasteiger partial charge on any atom is -0.369 e. The number of carbonyl (C=O) groups is 3. The summed E-state index contributed by atoms with van der Waals surface area (Å²) in [6, 6.07) is 12.5. The molecule has 0 bridgehead atoms. The quantitative estimate of drug-likeness (QED) is 0.727. The van der Waals surface area contributed by atoms with Crippen molar-refractivity contribution < 1.29 is 14.4 Å². The fourth-order valence-electron chi connectivity index (χ4n) is 3.97. The fraction of sp³-hybridized carbons (Fsp3) is 0.375. The molecule has 0 atom stereocenters. The first-order chi connectivity index (χ1) is 15.0. The number of nitrogens with one attached hydrogen (secondary N) is 1. The smallest absolute Gasteiger partial charge is 0.261 e. The van der Waals surface area contributed by atoms with Crippen molar-refractivity contribution in [2.75, 3.05) is 50.0 Å². The Morgan fingerprint density at radius 1 is 0.935 bits per heavy atom. The lowest BCUT2D eigenvalue weighted by molar-refractivity contribution is 0.0652. The first kappa shape index (κ1) is 21.1. The van der Waals surface area contributed by atoms with Crippen LogP contribution in [-0.2, 0) is 0 Å². The van der Waals surface area contributed by atoms with Gasteiger partial charge in [0.25, 0.3) is 17.7 Å². The van der Waals surface area contributed by atoms with Gasteiger partial charge in [0.2, 0.25) is 0 Å². The lowest BCUT2D eigenvalue weighted by Gasteiger charge is -2.34. The molecule has 0 unspecified atom stereocenters. The van der Waals surface area contributed by atoms with Crippen LogP contribution < -0.4 is 10.2 Å². The third kappa shape index (κ3) is 4.32. The molecule has 7 nitrogen and oxygen atoms in total. The maximum Gasteiger partial charge on any atom is 0.261 e. The number of unbranched alkanes of at least 4 members (excludes halogenated alkanes) is 1. The second kappa shape index (κ2) is 8.89. The molecule has 2 heterocycles. The SMILES string of the molecule is CCCCN1C(=O)c2ccc(C(=O)Nc3ccc(N4CCN(C)CC4)cc3)cc2C1=O. The van der Waals surface area contributed by atoms with E-state index in [9.17, 15) is 14.4 Å². The second-order valence-electron chi connectivity index (χ2n) is 8.17. The number of hydrogen-bond acceptors (Lipinski definition) is 5. The van der Waals surface area contributed by atoms with E-state index in [2.05, 4.69) is 22.2 Å². The summed E-state index contributed by atoms with van der Waals surface area (Å²) in [5.74, 6) is -0.901. The van der Waals surface area contributed by atoms with E-state index in [0.717, 1.165) is 44.7 Å². The van der Waals surface area contributed by atoms with Gasteiger partial charge in [-0.2, -0.15) is 0 Å². The summed E-state index contributed by atoms with van der Waals surface area (Å²) >= 11 is 0. The van der Waals surface area contributed by atoms with Gasteiger partial charge < -0.3 is 15.1 Å². The molecule has 7 heteroatoms. The van der Waals surface area contributed by atoms with Gasteiger partial charge in [0.15, 0.2) is 0 Å². The summed E-state index contributed by atoms with van der Waals surface area (Å²) in [4.78, 5) is 43.7. The molecule has 31 heavy (non-hydrogen) atoms. The van der Waals surface area contributed by atoms with Gasteiger partial charge >= 0.3 is 0 Å². The number of fused-ring (bicyclic) bond motifs is 1. The van der Waals surface area contributed by atoms with Crippen molar-refractivity contribution in [1.82, 2.24) is 9.80 Å². The van der Waals surface area contributed by atoms with E-state index in [0.29, 0.717) is 28.9 Å². The molecule has 2 aliphatic heterocycles. The Balaban J connectivity index is 1.44. The van der Waals surface area contributed by atoms with Crippen molar-refractivity contribution >= 4 is 29.1 Å². The van der Waals surface area contributed by atoms with E-state index in [1.54, 1.807) is 12.1 Å². The first-order valence-electron chi connectivity index (χ1n) is 10.8. The van der Waals surface area contributed by atoms with Crippen LogP contribution in [0, 0.1) is 0 Å². The van der Waals surface area contributed by atoms with Gasteiger partial charge in [-0.3, -0.25) is 19.3 Å². The van der Waals surface area contributed by atoms with Crippen LogP contribution >= 0.6 is 0 Å². The molecular formula is C24H28N4O3. The molecule has 0 saturated carbocycles. The van der Waals surface area contributed by atoms with Crippen molar-refractivity contribution in [2.45, 2.75) is 19.8 Å². The number of rotatable bonds is 6. The average molecular weight is 421 g/mol. The Morgan fingerprint density at radius 2 is 1.61 bits per heavy atom. The highest BCUT2D eigenvalue weighted by atomic mass is 16.2. The van der Waals surface area contributed by atoms with E-state index < -0.39 is 0 Å². The number of anilines is 2. The van der Waals surface area contributed by atoms with E-state index in [-0.39, 0.29) is 17.7 Å². The molecule has 2 aromatic rings. The van der Waals surface area contributed by atoms with Crippen LogP contribution in [0.3, 0.4) is 0 Å². The number of nitrogens with zero attached hydrogens (tertiary/aromatic N) is 3. The third-order valence-electron chi connectivity index (χ3n) is 5.96. The van der Waals surface area contributed by atoms with Crippen molar-refractivity contribution in [3.8, 4) is 0 Å². The van der Waals surface area contributed by atoms with Crippen LogP contribution in [0.2, 0.25) is 0 Å². The normalized spacial score (nSPS) is 16.6. The van der Waals surface area contributed by atoms with Crippen LogP contribution in [0.4, 0.5) is 11.4 Å². The highest BCUT2D eigenvalue weighted by Crippen LogP contribution is 2.25. The Labute approximate surface area is 182 Å². The Hall–Kier alpha value is -3.19. The summed E-state index contributed by atoms with van der Waals surface area (Å²) in [7, 11) is 2.13. The highest BCUT2D eigenvalue weighted by molar-refractivity contribution is 6.22. The van der Waals surface area contributed by atoms with Crippen molar-refractivity contribution in [1.29, 1.82) is 0 Å². The lowest BCUT2D eigenvalue weighted by Crippen LogP contribution is -2.44. The van der Waals surface area contributed by atoms with Gasteiger partial charge in [-0.1, -0.05) is 13.3 Å². The van der Waals surface area contributed by atoms with Gasteiger partial charge in [-0.15, -0.1) is 0 Å². The number of benzene rings is 2. The summed E-state index contributed by atoms with van der Waals surface area (Å²) < 4.78 is 0. The largest absolute Gasteiger partial charge is 0.369 e. The number of likely N-dealkylation sites (N-methyl/N-ethyl adjacent to an activating group) is 1. The predicted molar refractivity (Wildman–Crippen MR) is 121 cm³/mol. The molecule has 1 fully saturated rings. The molecule has 0 aliphatic carbocycles. The molecule has 3 amide bonds. The predicted octanol–water partition coefficient (Wildman–Crippen LogP) is 3.09. The number of piperazine rings is 1. The molecule has 162 valence electrons. The molecule has 1 N–H and O–H groups in total. The maximum absolute atomic E-state index is 12.7. The summed E-state index contributed by atoms with van der Waals surface area (Å²) in [5.41, 5.74) is 2.86. The van der Waals surface area contributed by atoms with Gasteiger partial charge in [0, 0.05) is 49.7 Å². The van der Waals surface area contributed by atoms with Crippen molar-refractivity contribution in [3.63, 3.8) is 0 Å². The molecule has 2 aromatic carbocycles. The zero-order valence-corrected chi connectivity index (χ0v) is 18.1. The lowest BCUT2D eigenvalue weighted by atomic mass is 10.1. The van der Waals surface area contributed by atoms with E-state index in [4.69, 9.17) is 0 Å². The van der Waals surface area contributed by atoms with Crippen molar-refractivity contribution in [3.05, 3.63) is 59.2 Å². The number of hydrogen-bond donors (Lipinski definition) is 1. The monoisotopic (exact) mass is 420 g/mol. The zero-order valence-electron chi connectivity index (χ0n) is 18.1.